The molecule has 1 aliphatic rings. The first-order chi connectivity index (χ1) is 8.19. The molecule has 1 fully saturated rings. The number of nitrogens with one attached hydrogen (secondary N) is 1. The summed E-state index contributed by atoms with van der Waals surface area (Å²) in [7, 11) is 1.62. The van der Waals surface area contributed by atoms with Crippen LogP contribution in [0.5, 0.6) is 5.75 Å². The Kier molecular flexibility index (Phi) is 3.49. The van der Waals surface area contributed by atoms with Gasteiger partial charge in [0.2, 0.25) is 0 Å². The standard InChI is InChI=1S/C12H15NO4/c1-8-11(13-12(14)17-8)16-7-9-3-5-10(15-2)6-4-9/h3-6,8,11H,7H2,1-2H3,(H,13,14)/t8-,11+/m1/s1. The summed E-state index contributed by atoms with van der Waals surface area (Å²) in [5, 5.41) is 2.59. The van der Waals surface area contributed by atoms with Crippen LogP contribution >= 0.6 is 0 Å². The molecule has 2 rings (SSSR count). The van der Waals surface area contributed by atoms with Crippen LogP contribution in [0.15, 0.2) is 24.3 Å². The lowest BCUT2D eigenvalue weighted by molar-refractivity contribution is -0.0108. The van der Waals surface area contributed by atoms with Crippen molar-refractivity contribution in [3.8, 4) is 5.75 Å². The summed E-state index contributed by atoms with van der Waals surface area (Å²) in [6.07, 6.45) is -1.08. The Bertz CT molecular complexity index is 390. The van der Waals surface area contributed by atoms with Gasteiger partial charge in [-0.1, -0.05) is 12.1 Å². The molecule has 1 saturated heterocycles. The smallest absolute Gasteiger partial charge is 0.409 e. The molecule has 2 atom stereocenters. The van der Waals surface area contributed by atoms with Crippen molar-refractivity contribution in [2.75, 3.05) is 7.11 Å². The van der Waals surface area contributed by atoms with E-state index >= 15 is 0 Å². The topological polar surface area (TPSA) is 56.8 Å². The minimum absolute atomic E-state index is 0.263. The highest BCUT2D eigenvalue weighted by Crippen LogP contribution is 2.15. The Morgan fingerprint density at radius 1 is 1.35 bits per heavy atom. The summed E-state index contributed by atoms with van der Waals surface area (Å²) in [6, 6.07) is 7.57. The van der Waals surface area contributed by atoms with E-state index in [1.165, 1.54) is 0 Å². The fourth-order valence-electron chi connectivity index (χ4n) is 1.58. The third-order valence-corrected chi connectivity index (χ3v) is 2.57. The maximum Gasteiger partial charge on any atom is 0.409 e. The number of hydrogen-bond donors (Lipinski definition) is 1. The third kappa shape index (κ3) is 2.88. The van der Waals surface area contributed by atoms with E-state index in [0.717, 1.165) is 11.3 Å². The van der Waals surface area contributed by atoms with Gasteiger partial charge in [-0.05, 0) is 24.6 Å². The van der Waals surface area contributed by atoms with E-state index in [0.29, 0.717) is 6.61 Å². The average Bonchev–Trinajstić information content (AvgIpc) is 2.66. The number of ether oxygens (including phenoxy) is 3. The molecule has 0 bridgehead atoms. The number of amides is 1. The van der Waals surface area contributed by atoms with E-state index < -0.39 is 6.09 Å². The molecule has 1 N–H and O–H groups in total. The number of alkyl carbamates (subject to hydrolysis) is 1. The van der Waals surface area contributed by atoms with E-state index in [2.05, 4.69) is 5.32 Å². The van der Waals surface area contributed by atoms with Crippen LogP contribution in [-0.4, -0.2) is 25.5 Å². The summed E-state index contributed by atoms with van der Waals surface area (Å²) < 4.78 is 15.5. The van der Waals surface area contributed by atoms with Crippen molar-refractivity contribution in [3.63, 3.8) is 0 Å². The predicted molar refractivity (Wildman–Crippen MR) is 60.6 cm³/mol. The van der Waals surface area contributed by atoms with Gasteiger partial charge >= 0.3 is 6.09 Å². The minimum Gasteiger partial charge on any atom is -0.497 e. The summed E-state index contributed by atoms with van der Waals surface area (Å²) in [4.78, 5) is 10.9. The van der Waals surface area contributed by atoms with Gasteiger partial charge in [0.25, 0.3) is 0 Å². The van der Waals surface area contributed by atoms with E-state index in [1.54, 1.807) is 14.0 Å². The van der Waals surface area contributed by atoms with Crippen LogP contribution in [-0.2, 0) is 16.1 Å². The highest BCUT2D eigenvalue weighted by molar-refractivity contribution is 5.69. The number of cyclic esters (lactones) is 1. The van der Waals surface area contributed by atoms with Crippen molar-refractivity contribution < 1.29 is 19.0 Å². The molecular formula is C12H15NO4. The predicted octanol–water partition coefficient (Wildman–Crippen LogP) is 1.67. The fraction of sp³-hybridized carbons (Fsp3) is 0.417. The molecular weight excluding hydrogens is 222 g/mol. The fourth-order valence-corrected chi connectivity index (χ4v) is 1.58. The van der Waals surface area contributed by atoms with Gasteiger partial charge in [-0.15, -0.1) is 0 Å². The average molecular weight is 237 g/mol. The highest BCUT2D eigenvalue weighted by atomic mass is 16.6. The maximum absolute atomic E-state index is 10.9. The van der Waals surface area contributed by atoms with Gasteiger partial charge < -0.3 is 14.2 Å². The molecule has 0 aliphatic carbocycles. The van der Waals surface area contributed by atoms with Crippen molar-refractivity contribution >= 4 is 6.09 Å². The van der Waals surface area contributed by atoms with E-state index in [9.17, 15) is 4.79 Å². The Morgan fingerprint density at radius 3 is 2.59 bits per heavy atom. The lowest BCUT2D eigenvalue weighted by Crippen LogP contribution is -2.32. The van der Waals surface area contributed by atoms with Crippen LogP contribution in [0.2, 0.25) is 0 Å². The van der Waals surface area contributed by atoms with Crippen LogP contribution in [0.1, 0.15) is 12.5 Å². The normalized spacial score (nSPS) is 23.1. The Morgan fingerprint density at radius 2 is 2.06 bits per heavy atom. The molecule has 0 radical (unpaired) electrons. The van der Waals surface area contributed by atoms with E-state index in [1.807, 2.05) is 24.3 Å². The molecule has 0 aromatic heterocycles. The molecule has 92 valence electrons. The summed E-state index contributed by atoms with van der Waals surface area (Å²) in [6.45, 7) is 2.21. The monoisotopic (exact) mass is 237 g/mol. The van der Waals surface area contributed by atoms with Gasteiger partial charge in [0.15, 0.2) is 6.23 Å². The number of benzene rings is 1. The number of carbonyl (C=O) groups is 1. The van der Waals surface area contributed by atoms with Gasteiger partial charge in [0, 0.05) is 0 Å². The Labute approximate surface area is 99.7 Å². The second-order valence-corrected chi connectivity index (χ2v) is 3.83. The van der Waals surface area contributed by atoms with E-state index in [4.69, 9.17) is 14.2 Å². The number of carbonyl (C=O) groups excluding carboxylic acids is 1. The van der Waals surface area contributed by atoms with Crippen LogP contribution in [0, 0.1) is 0 Å². The molecule has 1 heterocycles. The van der Waals surface area contributed by atoms with Crippen LogP contribution in [0.3, 0.4) is 0 Å². The van der Waals surface area contributed by atoms with Gasteiger partial charge in [-0.2, -0.15) is 0 Å². The molecule has 1 amide bonds. The number of rotatable bonds is 4. The van der Waals surface area contributed by atoms with Crippen molar-refractivity contribution in [1.82, 2.24) is 5.32 Å². The molecule has 5 heteroatoms. The van der Waals surface area contributed by atoms with Gasteiger partial charge in [0.05, 0.1) is 13.7 Å². The van der Waals surface area contributed by atoms with Crippen molar-refractivity contribution in [1.29, 1.82) is 0 Å². The molecule has 0 spiro atoms. The molecule has 5 nitrogen and oxygen atoms in total. The Hall–Kier alpha value is -1.75. The zero-order chi connectivity index (χ0) is 12.3. The lowest BCUT2D eigenvalue weighted by Gasteiger charge is -2.13. The van der Waals surface area contributed by atoms with E-state index in [-0.39, 0.29) is 12.3 Å². The molecule has 1 aromatic rings. The van der Waals surface area contributed by atoms with Gasteiger partial charge in [-0.25, -0.2) is 4.79 Å². The van der Waals surface area contributed by atoms with Gasteiger partial charge in [-0.3, -0.25) is 5.32 Å². The summed E-state index contributed by atoms with van der Waals surface area (Å²) in [5.74, 6) is 0.805. The molecule has 1 aliphatic heterocycles. The van der Waals surface area contributed by atoms with Crippen LogP contribution in [0.25, 0.3) is 0 Å². The zero-order valence-corrected chi connectivity index (χ0v) is 9.80. The second kappa shape index (κ2) is 5.05. The first-order valence-electron chi connectivity index (χ1n) is 5.40. The lowest BCUT2D eigenvalue weighted by atomic mass is 10.2. The highest BCUT2D eigenvalue weighted by Gasteiger charge is 2.30. The number of methoxy groups -OCH3 is 1. The summed E-state index contributed by atoms with van der Waals surface area (Å²) in [5.41, 5.74) is 1.01. The van der Waals surface area contributed by atoms with Crippen LogP contribution in [0.4, 0.5) is 4.79 Å². The zero-order valence-electron chi connectivity index (χ0n) is 9.80. The number of hydrogen-bond acceptors (Lipinski definition) is 4. The Balaban J connectivity index is 1.87. The first kappa shape index (κ1) is 11.7. The molecule has 17 heavy (non-hydrogen) atoms. The molecule has 0 unspecified atom stereocenters. The van der Waals surface area contributed by atoms with Crippen LogP contribution < -0.4 is 10.1 Å². The summed E-state index contributed by atoms with van der Waals surface area (Å²) >= 11 is 0. The third-order valence-electron chi connectivity index (χ3n) is 2.57. The SMILES string of the molecule is COc1ccc(CO[C@@H]2NC(=O)O[C@@H]2C)cc1. The van der Waals surface area contributed by atoms with Crippen molar-refractivity contribution in [3.05, 3.63) is 29.8 Å². The first-order valence-corrected chi connectivity index (χ1v) is 5.40. The second-order valence-electron chi connectivity index (χ2n) is 3.83. The van der Waals surface area contributed by atoms with Crippen molar-refractivity contribution in [2.24, 2.45) is 0 Å². The molecule has 1 aromatic carbocycles. The van der Waals surface area contributed by atoms with Gasteiger partial charge in [0.1, 0.15) is 11.9 Å². The van der Waals surface area contributed by atoms with Crippen molar-refractivity contribution in [2.45, 2.75) is 25.9 Å². The minimum atomic E-state index is -0.433. The maximum atomic E-state index is 10.9. The molecule has 0 saturated carbocycles. The largest absolute Gasteiger partial charge is 0.497 e. The quantitative estimate of drug-likeness (QED) is 0.865.